The van der Waals surface area contributed by atoms with Crippen LogP contribution in [0.4, 0.5) is 0 Å². The van der Waals surface area contributed by atoms with E-state index in [9.17, 15) is 0 Å². The minimum atomic E-state index is 0.00153. The van der Waals surface area contributed by atoms with E-state index in [2.05, 4.69) is 20.8 Å². The van der Waals surface area contributed by atoms with Crippen LogP contribution < -0.4 is 0 Å². The summed E-state index contributed by atoms with van der Waals surface area (Å²) in [5, 5.41) is 0. The molecule has 0 aliphatic heterocycles. The van der Waals surface area contributed by atoms with Crippen LogP contribution in [0.25, 0.3) is 0 Å². The van der Waals surface area contributed by atoms with Gasteiger partial charge in [-0.3, -0.25) is 0 Å². The van der Waals surface area contributed by atoms with E-state index in [1.54, 1.807) is 7.11 Å². The molecule has 0 aromatic carbocycles. The molecule has 0 amide bonds. The van der Waals surface area contributed by atoms with Gasteiger partial charge in [-0.25, -0.2) is 0 Å². The van der Waals surface area contributed by atoms with Crippen molar-refractivity contribution in [2.24, 2.45) is 0 Å². The Hall–Kier alpha value is -0.0800. The van der Waals surface area contributed by atoms with Gasteiger partial charge in [0.05, 0.1) is 18.3 Å². The first-order chi connectivity index (χ1) is 5.52. The Kier molecular flexibility index (Phi) is 5.51. The van der Waals surface area contributed by atoms with Crippen molar-refractivity contribution < 1.29 is 9.47 Å². The Morgan fingerprint density at radius 2 is 1.92 bits per heavy atom. The molecule has 2 nitrogen and oxygen atoms in total. The summed E-state index contributed by atoms with van der Waals surface area (Å²) in [4.78, 5) is 0. The van der Waals surface area contributed by atoms with E-state index in [0.717, 1.165) is 12.8 Å². The summed E-state index contributed by atoms with van der Waals surface area (Å²) in [5.41, 5.74) is 0.00153. The van der Waals surface area contributed by atoms with Crippen LogP contribution in [0.2, 0.25) is 0 Å². The van der Waals surface area contributed by atoms with Gasteiger partial charge in [-0.1, -0.05) is 13.3 Å². The number of methoxy groups -OCH3 is 1. The molecule has 0 saturated carbocycles. The third-order valence-corrected chi connectivity index (χ3v) is 1.96. The number of ether oxygens (including phenoxy) is 2. The predicted molar refractivity (Wildman–Crippen MR) is 51.4 cm³/mol. The van der Waals surface area contributed by atoms with Crippen LogP contribution in [0.5, 0.6) is 0 Å². The van der Waals surface area contributed by atoms with Crippen molar-refractivity contribution in [2.45, 2.75) is 52.2 Å². The van der Waals surface area contributed by atoms with Crippen LogP contribution in [0.3, 0.4) is 0 Å². The van der Waals surface area contributed by atoms with Crippen molar-refractivity contribution in [1.82, 2.24) is 0 Å². The molecular weight excluding hydrogens is 152 g/mol. The fourth-order valence-corrected chi connectivity index (χ4v) is 1.09. The van der Waals surface area contributed by atoms with Crippen LogP contribution in [0.1, 0.15) is 40.5 Å². The monoisotopic (exact) mass is 174 g/mol. The third kappa shape index (κ3) is 5.56. The van der Waals surface area contributed by atoms with Crippen molar-refractivity contribution in [3.63, 3.8) is 0 Å². The zero-order valence-corrected chi connectivity index (χ0v) is 9.02. The molecule has 0 aliphatic carbocycles. The Morgan fingerprint density at radius 3 is 2.33 bits per heavy atom. The van der Waals surface area contributed by atoms with Crippen LogP contribution in [0.15, 0.2) is 0 Å². The summed E-state index contributed by atoms with van der Waals surface area (Å²) >= 11 is 0. The van der Waals surface area contributed by atoms with Gasteiger partial charge in [-0.15, -0.1) is 0 Å². The second-order valence-corrected chi connectivity index (χ2v) is 3.87. The average molecular weight is 174 g/mol. The van der Waals surface area contributed by atoms with Gasteiger partial charge >= 0.3 is 0 Å². The lowest BCUT2D eigenvalue weighted by molar-refractivity contribution is -0.0686. The second-order valence-electron chi connectivity index (χ2n) is 3.87. The highest BCUT2D eigenvalue weighted by atomic mass is 16.5. The van der Waals surface area contributed by atoms with Crippen molar-refractivity contribution in [3.8, 4) is 0 Å². The first kappa shape index (κ1) is 11.9. The summed E-state index contributed by atoms with van der Waals surface area (Å²) in [6.07, 6.45) is 2.46. The SMILES string of the molecule is CCCC(C)(C)OCC(C)OC. The van der Waals surface area contributed by atoms with Crippen molar-refractivity contribution in [1.29, 1.82) is 0 Å². The van der Waals surface area contributed by atoms with Crippen LogP contribution >= 0.6 is 0 Å². The summed E-state index contributed by atoms with van der Waals surface area (Å²) in [6.45, 7) is 9.12. The van der Waals surface area contributed by atoms with Gasteiger partial charge < -0.3 is 9.47 Å². The normalized spacial score (nSPS) is 14.8. The lowest BCUT2D eigenvalue weighted by atomic mass is 10.0. The minimum Gasteiger partial charge on any atom is -0.379 e. The predicted octanol–water partition coefficient (Wildman–Crippen LogP) is 2.62. The summed E-state index contributed by atoms with van der Waals surface area (Å²) in [5.74, 6) is 0. The topological polar surface area (TPSA) is 18.5 Å². The number of rotatable bonds is 6. The Bertz CT molecular complexity index is 110. The summed E-state index contributed by atoms with van der Waals surface area (Å²) in [6, 6.07) is 0. The molecule has 0 radical (unpaired) electrons. The molecule has 1 unspecified atom stereocenters. The molecule has 0 heterocycles. The summed E-state index contributed by atoms with van der Waals surface area (Å²) < 4.78 is 10.8. The van der Waals surface area contributed by atoms with Crippen LogP contribution in [-0.2, 0) is 9.47 Å². The van der Waals surface area contributed by atoms with Gasteiger partial charge in [-0.2, -0.15) is 0 Å². The molecule has 12 heavy (non-hydrogen) atoms. The van der Waals surface area contributed by atoms with Crippen molar-refractivity contribution >= 4 is 0 Å². The molecule has 0 aromatic heterocycles. The molecule has 0 N–H and O–H groups in total. The van der Waals surface area contributed by atoms with E-state index >= 15 is 0 Å². The molecular formula is C10H22O2. The maximum absolute atomic E-state index is 5.70. The highest BCUT2D eigenvalue weighted by molar-refractivity contribution is 4.67. The molecule has 0 aromatic rings. The smallest absolute Gasteiger partial charge is 0.0776 e. The largest absolute Gasteiger partial charge is 0.379 e. The van der Waals surface area contributed by atoms with Gasteiger partial charge in [0, 0.05) is 7.11 Å². The quantitative estimate of drug-likeness (QED) is 0.616. The van der Waals surface area contributed by atoms with E-state index in [-0.39, 0.29) is 11.7 Å². The first-order valence-corrected chi connectivity index (χ1v) is 4.68. The zero-order chi connectivity index (χ0) is 9.61. The molecule has 1 atom stereocenters. The number of hydrogen-bond acceptors (Lipinski definition) is 2. The molecule has 0 fully saturated rings. The highest BCUT2D eigenvalue weighted by Crippen LogP contribution is 2.16. The fraction of sp³-hybridized carbons (Fsp3) is 1.00. The van der Waals surface area contributed by atoms with E-state index in [1.165, 1.54) is 0 Å². The van der Waals surface area contributed by atoms with E-state index in [1.807, 2.05) is 6.92 Å². The lowest BCUT2D eigenvalue weighted by Gasteiger charge is -2.26. The first-order valence-electron chi connectivity index (χ1n) is 4.68. The molecule has 0 saturated heterocycles. The van der Waals surface area contributed by atoms with E-state index < -0.39 is 0 Å². The van der Waals surface area contributed by atoms with Crippen LogP contribution in [0, 0.1) is 0 Å². The standard InChI is InChI=1S/C10H22O2/c1-6-7-10(3,4)12-8-9(2)11-5/h9H,6-8H2,1-5H3. The second kappa shape index (κ2) is 5.55. The van der Waals surface area contributed by atoms with Gasteiger partial charge in [-0.05, 0) is 27.2 Å². The Balaban J connectivity index is 3.59. The maximum atomic E-state index is 5.70. The van der Waals surface area contributed by atoms with Crippen molar-refractivity contribution in [2.75, 3.05) is 13.7 Å². The fourth-order valence-electron chi connectivity index (χ4n) is 1.09. The van der Waals surface area contributed by atoms with Gasteiger partial charge in [0.25, 0.3) is 0 Å². The zero-order valence-electron chi connectivity index (χ0n) is 9.02. The van der Waals surface area contributed by atoms with Crippen LogP contribution in [-0.4, -0.2) is 25.4 Å². The molecule has 74 valence electrons. The molecule has 0 spiro atoms. The Morgan fingerprint density at radius 1 is 1.33 bits per heavy atom. The molecule has 0 aliphatic rings. The molecule has 0 bridgehead atoms. The van der Waals surface area contributed by atoms with E-state index in [4.69, 9.17) is 9.47 Å². The van der Waals surface area contributed by atoms with Crippen molar-refractivity contribution in [3.05, 3.63) is 0 Å². The third-order valence-electron chi connectivity index (χ3n) is 1.96. The lowest BCUT2D eigenvalue weighted by Crippen LogP contribution is -2.28. The molecule has 0 rings (SSSR count). The average Bonchev–Trinajstić information content (AvgIpc) is 2.00. The minimum absolute atomic E-state index is 0.00153. The maximum Gasteiger partial charge on any atom is 0.0776 e. The van der Waals surface area contributed by atoms with Gasteiger partial charge in [0.15, 0.2) is 0 Å². The van der Waals surface area contributed by atoms with Gasteiger partial charge in [0.1, 0.15) is 0 Å². The Labute approximate surface area is 76.3 Å². The number of hydrogen-bond donors (Lipinski definition) is 0. The molecule has 2 heteroatoms. The highest BCUT2D eigenvalue weighted by Gasteiger charge is 2.17. The van der Waals surface area contributed by atoms with E-state index in [0.29, 0.717) is 6.61 Å². The summed E-state index contributed by atoms with van der Waals surface area (Å²) in [7, 11) is 1.71. The van der Waals surface area contributed by atoms with Gasteiger partial charge in [0.2, 0.25) is 0 Å².